The van der Waals surface area contributed by atoms with Crippen molar-refractivity contribution in [3.8, 4) is 11.5 Å². The first-order valence-corrected chi connectivity index (χ1v) is 8.59. The molecule has 0 aliphatic carbocycles. The van der Waals surface area contributed by atoms with E-state index in [4.69, 9.17) is 9.47 Å². The molecule has 0 radical (unpaired) electrons. The van der Waals surface area contributed by atoms with E-state index in [-0.39, 0.29) is 11.5 Å². The average Bonchev–Trinajstić information content (AvgIpc) is 3.02. The summed E-state index contributed by atoms with van der Waals surface area (Å²) in [5.41, 5.74) is 2.33. The number of methoxy groups -OCH3 is 2. The number of hydrogen-bond acceptors (Lipinski definition) is 7. The molecule has 2 aromatic heterocycles. The summed E-state index contributed by atoms with van der Waals surface area (Å²) >= 11 is 1.32. The Hall–Kier alpha value is -2.61. The smallest absolute Gasteiger partial charge is 0.256 e. The fraction of sp³-hybridized carbons (Fsp3) is 0.294. The molecule has 0 atom stereocenters. The first-order chi connectivity index (χ1) is 12.0. The molecular formula is C17H18N4O3S. The van der Waals surface area contributed by atoms with E-state index in [1.807, 2.05) is 24.3 Å². The van der Waals surface area contributed by atoms with Crippen LogP contribution in [0.2, 0.25) is 0 Å². The second-order valence-corrected chi connectivity index (χ2v) is 6.38. The van der Waals surface area contributed by atoms with Crippen molar-refractivity contribution < 1.29 is 14.3 Å². The SMILES string of the molecule is COc1ccc(OC)c(C(=O)CSc2nnc3nc(C)cc(C)n23)c1. The van der Waals surface area contributed by atoms with E-state index in [0.29, 0.717) is 28.0 Å². The Morgan fingerprint density at radius 3 is 2.68 bits per heavy atom. The summed E-state index contributed by atoms with van der Waals surface area (Å²) in [5, 5.41) is 8.86. The van der Waals surface area contributed by atoms with E-state index in [2.05, 4.69) is 15.2 Å². The molecule has 25 heavy (non-hydrogen) atoms. The van der Waals surface area contributed by atoms with Gasteiger partial charge >= 0.3 is 0 Å². The van der Waals surface area contributed by atoms with Gasteiger partial charge in [-0.1, -0.05) is 11.8 Å². The molecule has 3 rings (SSSR count). The summed E-state index contributed by atoms with van der Waals surface area (Å²) in [6, 6.07) is 7.11. The number of fused-ring (bicyclic) bond motifs is 1. The highest BCUT2D eigenvalue weighted by Crippen LogP contribution is 2.27. The molecule has 0 amide bonds. The third kappa shape index (κ3) is 3.43. The van der Waals surface area contributed by atoms with Crippen molar-refractivity contribution in [1.29, 1.82) is 0 Å². The maximum Gasteiger partial charge on any atom is 0.256 e. The second kappa shape index (κ2) is 7.10. The lowest BCUT2D eigenvalue weighted by atomic mass is 10.1. The lowest BCUT2D eigenvalue weighted by molar-refractivity contribution is 0.101. The molecular weight excluding hydrogens is 340 g/mol. The minimum absolute atomic E-state index is 0.0739. The standard InChI is InChI=1S/C17H18N4O3S/c1-10-7-11(2)21-16(18-10)19-20-17(21)25-9-14(22)13-8-12(23-3)5-6-15(13)24-4/h5-8H,9H2,1-4H3. The monoisotopic (exact) mass is 358 g/mol. The number of thioether (sulfide) groups is 1. The van der Waals surface area contributed by atoms with Crippen molar-refractivity contribution in [1.82, 2.24) is 19.6 Å². The zero-order chi connectivity index (χ0) is 18.0. The molecule has 130 valence electrons. The number of carbonyl (C=O) groups excluding carboxylic acids is 1. The van der Waals surface area contributed by atoms with Crippen molar-refractivity contribution in [3.63, 3.8) is 0 Å². The van der Waals surface area contributed by atoms with Gasteiger partial charge in [0.15, 0.2) is 10.9 Å². The first kappa shape index (κ1) is 17.2. The third-order valence-electron chi connectivity index (χ3n) is 3.70. The van der Waals surface area contributed by atoms with Crippen LogP contribution >= 0.6 is 11.8 Å². The molecule has 0 fully saturated rings. The highest BCUT2D eigenvalue weighted by molar-refractivity contribution is 7.99. The van der Waals surface area contributed by atoms with Crippen LogP contribution in [0.15, 0.2) is 29.4 Å². The van der Waals surface area contributed by atoms with E-state index in [0.717, 1.165) is 11.4 Å². The van der Waals surface area contributed by atoms with Gasteiger partial charge in [-0.25, -0.2) is 4.98 Å². The topological polar surface area (TPSA) is 78.6 Å². The summed E-state index contributed by atoms with van der Waals surface area (Å²) in [4.78, 5) is 17.0. The lowest BCUT2D eigenvalue weighted by Gasteiger charge is -2.09. The summed E-state index contributed by atoms with van der Waals surface area (Å²) in [6.07, 6.45) is 0. The first-order valence-electron chi connectivity index (χ1n) is 7.61. The highest BCUT2D eigenvalue weighted by Gasteiger charge is 2.17. The molecule has 0 aliphatic rings. The third-order valence-corrected chi connectivity index (χ3v) is 4.63. The number of hydrogen-bond donors (Lipinski definition) is 0. The number of ketones is 1. The van der Waals surface area contributed by atoms with E-state index < -0.39 is 0 Å². The fourth-order valence-electron chi connectivity index (χ4n) is 2.53. The zero-order valence-electron chi connectivity index (χ0n) is 14.4. The van der Waals surface area contributed by atoms with Crippen molar-refractivity contribution in [2.24, 2.45) is 0 Å². The molecule has 8 heteroatoms. The Morgan fingerprint density at radius 2 is 1.96 bits per heavy atom. The fourth-order valence-corrected chi connectivity index (χ4v) is 3.40. The predicted molar refractivity (Wildman–Crippen MR) is 94.9 cm³/mol. The van der Waals surface area contributed by atoms with Gasteiger partial charge in [0.2, 0.25) is 0 Å². The van der Waals surface area contributed by atoms with Crippen LogP contribution in [-0.2, 0) is 0 Å². The van der Waals surface area contributed by atoms with Crippen LogP contribution in [0.4, 0.5) is 0 Å². The zero-order valence-corrected chi connectivity index (χ0v) is 15.3. The summed E-state index contributed by atoms with van der Waals surface area (Å²) in [5.74, 6) is 1.79. The van der Waals surface area contributed by atoms with Gasteiger partial charge in [-0.2, -0.15) is 0 Å². The summed E-state index contributed by atoms with van der Waals surface area (Å²) in [6.45, 7) is 3.87. The summed E-state index contributed by atoms with van der Waals surface area (Å²) in [7, 11) is 3.10. The molecule has 0 unspecified atom stereocenters. The van der Waals surface area contributed by atoms with E-state index in [1.165, 1.54) is 18.9 Å². The van der Waals surface area contributed by atoms with Crippen LogP contribution in [0, 0.1) is 13.8 Å². The van der Waals surface area contributed by atoms with Gasteiger partial charge in [0.05, 0.1) is 25.5 Å². The molecule has 0 N–H and O–H groups in total. The number of aromatic nitrogens is 4. The molecule has 7 nitrogen and oxygen atoms in total. The molecule has 0 saturated carbocycles. The molecule has 2 heterocycles. The van der Waals surface area contributed by atoms with Crippen LogP contribution in [0.5, 0.6) is 11.5 Å². The minimum Gasteiger partial charge on any atom is -0.497 e. The van der Waals surface area contributed by atoms with Gasteiger partial charge in [0, 0.05) is 11.4 Å². The number of ether oxygens (including phenoxy) is 2. The van der Waals surface area contributed by atoms with Crippen molar-refractivity contribution in [2.45, 2.75) is 19.0 Å². The number of aryl methyl sites for hydroxylation is 2. The number of Topliss-reactive ketones (excluding diaryl/α,β-unsaturated/α-hetero) is 1. The van der Waals surface area contributed by atoms with Gasteiger partial charge < -0.3 is 9.47 Å². The predicted octanol–water partition coefficient (Wildman–Crippen LogP) is 2.73. The molecule has 3 aromatic rings. The molecule has 0 bridgehead atoms. The maximum absolute atomic E-state index is 12.6. The average molecular weight is 358 g/mol. The largest absolute Gasteiger partial charge is 0.497 e. The Labute approximate surface area is 149 Å². The maximum atomic E-state index is 12.6. The van der Waals surface area contributed by atoms with Gasteiger partial charge in [0.25, 0.3) is 5.78 Å². The Kier molecular flexibility index (Phi) is 4.89. The highest BCUT2D eigenvalue weighted by atomic mass is 32.2. The van der Waals surface area contributed by atoms with Crippen LogP contribution < -0.4 is 9.47 Å². The quantitative estimate of drug-likeness (QED) is 0.495. The Balaban J connectivity index is 1.84. The van der Waals surface area contributed by atoms with E-state index in [9.17, 15) is 4.79 Å². The van der Waals surface area contributed by atoms with Gasteiger partial charge in [-0.3, -0.25) is 9.20 Å². The number of nitrogens with zero attached hydrogens (tertiary/aromatic N) is 4. The normalized spacial score (nSPS) is 10.9. The van der Waals surface area contributed by atoms with Crippen molar-refractivity contribution in [3.05, 3.63) is 41.2 Å². The second-order valence-electron chi connectivity index (χ2n) is 5.43. The van der Waals surface area contributed by atoms with Crippen LogP contribution in [0.3, 0.4) is 0 Å². The van der Waals surface area contributed by atoms with E-state index >= 15 is 0 Å². The van der Waals surface area contributed by atoms with Crippen LogP contribution in [0.1, 0.15) is 21.7 Å². The molecule has 1 aromatic carbocycles. The molecule has 0 aliphatic heterocycles. The molecule has 0 saturated heterocycles. The Morgan fingerprint density at radius 1 is 1.16 bits per heavy atom. The van der Waals surface area contributed by atoms with E-state index in [1.54, 1.807) is 25.3 Å². The number of rotatable bonds is 6. The van der Waals surface area contributed by atoms with Gasteiger partial charge in [0.1, 0.15) is 11.5 Å². The lowest BCUT2D eigenvalue weighted by Crippen LogP contribution is -2.06. The minimum atomic E-state index is -0.0739. The Bertz CT molecular complexity index is 939. The molecule has 0 spiro atoms. The number of benzene rings is 1. The summed E-state index contributed by atoms with van der Waals surface area (Å²) < 4.78 is 12.3. The van der Waals surface area contributed by atoms with Crippen LogP contribution in [-0.4, -0.2) is 45.3 Å². The van der Waals surface area contributed by atoms with Gasteiger partial charge in [-0.15, -0.1) is 10.2 Å². The van der Waals surface area contributed by atoms with Crippen LogP contribution in [0.25, 0.3) is 5.78 Å². The van der Waals surface area contributed by atoms with Crippen molar-refractivity contribution in [2.75, 3.05) is 20.0 Å². The van der Waals surface area contributed by atoms with Gasteiger partial charge in [-0.05, 0) is 38.1 Å². The van der Waals surface area contributed by atoms with Crippen molar-refractivity contribution >= 4 is 23.3 Å². The number of carbonyl (C=O) groups is 1.